The Morgan fingerprint density at radius 2 is 1.95 bits per heavy atom. The summed E-state index contributed by atoms with van der Waals surface area (Å²) in [4.78, 5) is 0. The molecule has 0 aliphatic heterocycles. The summed E-state index contributed by atoms with van der Waals surface area (Å²) in [7, 11) is 1.59. The number of nitrogens with two attached hydrogens (primary N) is 1. The van der Waals surface area contributed by atoms with Crippen molar-refractivity contribution in [3.05, 3.63) is 58.3 Å². The van der Waals surface area contributed by atoms with E-state index < -0.39 is 11.9 Å². The number of hydrogen-bond acceptors (Lipinski definition) is 3. The normalized spacial score (nSPS) is 13.6. The summed E-state index contributed by atoms with van der Waals surface area (Å²) in [6.07, 6.45) is -0.462. The van der Waals surface area contributed by atoms with Gasteiger partial charge in [-0.05, 0) is 42.8 Å². The van der Waals surface area contributed by atoms with Crippen LogP contribution in [0.15, 0.2) is 46.9 Å². The second-order valence-electron chi connectivity index (χ2n) is 4.75. The zero-order valence-corrected chi connectivity index (χ0v) is 13.4. The minimum Gasteiger partial charge on any atom is -0.497 e. The summed E-state index contributed by atoms with van der Waals surface area (Å²) in [5.41, 5.74) is 6.83. The zero-order chi connectivity index (χ0) is 15.4. The highest BCUT2D eigenvalue weighted by Crippen LogP contribution is 2.29. The largest absolute Gasteiger partial charge is 0.497 e. The van der Waals surface area contributed by atoms with E-state index in [4.69, 9.17) is 15.2 Å². The molecule has 2 aromatic carbocycles. The fourth-order valence-electron chi connectivity index (χ4n) is 2.00. The van der Waals surface area contributed by atoms with Crippen LogP contribution in [0.5, 0.6) is 11.5 Å². The summed E-state index contributed by atoms with van der Waals surface area (Å²) >= 11 is 3.22. The van der Waals surface area contributed by atoms with Gasteiger partial charge in [-0.2, -0.15) is 0 Å². The molecule has 0 amide bonds. The van der Waals surface area contributed by atoms with Crippen LogP contribution < -0.4 is 15.2 Å². The second kappa shape index (κ2) is 6.91. The van der Waals surface area contributed by atoms with E-state index in [-0.39, 0.29) is 11.8 Å². The summed E-state index contributed by atoms with van der Waals surface area (Å²) in [6.45, 7) is 1.82. The number of methoxy groups -OCH3 is 1. The van der Waals surface area contributed by atoms with E-state index in [0.29, 0.717) is 10.2 Å². The first-order valence-electron chi connectivity index (χ1n) is 6.52. The fourth-order valence-corrected chi connectivity index (χ4v) is 2.34. The molecule has 2 atom stereocenters. The number of hydrogen-bond donors (Lipinski definition) is 1. The van der Waals surface area contributed by atoms with Gasteiger partial charge in [0.2, 0.25) is 0 Å². The van der Waals surface area contributed by atoms with Crippen LogP contribution in [0.1, 0.15) is 18.6 Å². The quantitative estimate of drug-likeness (QED) is 0.881. The van der Waals surface area contributed by atoms with E-state index >= 15 is 0 Å². The van der Waals surface area contributed by atoms with Crippen LogP contribution in [0.4, 0.5) is 4.39 Å². The lowest BCUT2D eigenvalue weighted by Gasteiger charge is -2.23. The molecule has 112 valence electrons. The number of halogens is 2. The minimum absolute atomic E-state index is 0.170. The van der Waals surface area contributed by atoms with Crippen molar-refractivity contribution in [1.82, 2.24) is 0 Å². The molecule has 0 saturated carbocycles. The molecule has 0 radical (unpaired) electrons. The van der Waals surface area contributed by atoms with E-state index in [1.807, 2.05) is 31.2 Å². The third-order valence-electron chi connectivity index (χ3n) is 3.05. The highest BCUT2D eigenvalue weighted by molar-refractivity contribution is 9.10. The molecule has 2 rings (SSSR count). The zero-order valence-electron chi connectivity index (χ0n) is 11.8. The van der Waals surface area contributed by atoms with Crippen LogP contribution in [0.25, 0.3) is 0 Å². The average Bonchev–Trinajstić information content (AvgIpc) is 2.46. The third kappa shape index (κ3) is 3.95. The van der Waals surface area contributed by atoms with Crippen molar-refractivity contribution in [2.24, 2.45) is 5.73 Å². The first kappa shape index (κ1) is 15.8. The van der Waals surface area contributed by atoms with Crippen LogP contribution in [0, 0.1) is 5.82 Å². The lowest BCUT2D eigenvalue weighted by molar-refractivity contribution is 0.172. The smallest absolute Gasteiger partial charge is 0.166 e. The molecule has 0 bridgehead atoms. The molecule has 0 heterocycles. The van der Waals surface area contributed by atoms with Gasteiger partial charge in [0.05, 0.1) is 7.11 Å². The molecular weight excluding hydrogens is 337 g/mol. The lowest BCUT2D eigenvalue weighted by Crippen LogP contribution is -2.29. The molecule has 0 aliphatic carbocycles. The van der Waals surface area contributed by atoms with Crippen molar-refractivity contribution in [1.29, 1.82) is 0 Å². The third-order valence-corrected chi connectivity index (χ3v) is 3.54. The molecule has 2 unspecified atom stereocenters. The van der Waals surface area contributed by atoms with Crippen molar-refractivity contribution in [2.45, 2.75) is 19.1 Å². The van der Waals surface area contributed by atoms with Crippen LogP contribution >= 0.6 is 15.9 Å². The monoisotopic (exact) mass is 353 g/mol. The number of ether oxygens (including phenoxy) is 2. The van der Waals surface area contributed by atoms with Gasteiger partial charge in [0.1, 0.15) is 11.9 Å². The Labute approximate surface area is 132 Å². The maximum atomic E-state index is 13.9. The molecular formula is C16H17BrFNO2. The summed E-state index contributed by atoms with van der Waals surface area (Å²) in [5, 5.41) is 0. The van der Waals surface area contributed by atoms with Crippen LogP contribution in [0.3, 0.4) is 0 Å². The molecule has 0 aliphatic rings. The standard InChI is InChI=1S/C16H17BrFNO2/c1-10(19)16(11-4-3-5-13(8-11)20-2)21-15-7-6-12(17)9-14(15)18/h3-10,16H,19H2,1-2H3. The summed E-state index contributed by atoms with van der Waals surface area (Å²) in [5.74, 6) is 0.444. The fraction of sp³-hybridized carbons (Fsp3) is 0.250. The SMILES string of the molecule is COc1cccc(C(Oc2ccc(Br)cc2F)C(C)N)c1. The molecule has 2 N–H and O–H groups in total. The van der Waals surface area contributed by atoms with Crippen LogP contribution in [0.2, 0.25) is 0 Å². The van der Waals surface area contributed by atoms with E-state index in [1.54, 1.807) is 19.2 Å². The average molecular weight is 354 g/mol. The first-order chi connectivity index (χ1) is 10.0. The maximum Gasteiger partial charge on any atom is 0.166 e. The number of benzene rings is 2. The van der Waals surface area contributed by atoms with Gasteiger partial charge >= 0.3 is 0 Å². The topological polar surface area (TPSA) is 44.5 Å². The van der Waals surface area contributed by atoms with Gasteiger partial charge in [0, 0.05) is 10.5 Å². The highest BCUT2D eigenvalue weighted by atomic mass is 79.9. The van der Waals surface area contributed by atoms with Gasteiger partial charge in [-0.1, -0.05) is 28.1 Å². The molecule has 0 aromatic heterocycles. The predicted molar refractivity (Wildman–Crippen MR) is 84.1 cm³/mol. The Hall–Kier alpha value is -1.59. The minimum atomic E-state index is -0.462. The molecule has 2 aromatic rings. The Morgan fingerprint density at radius 1 is 1.19 bits per heavy atom. The molecule has 3 nitrogen and oxygen atoms in total. The highest BCUT2D eigenvalue weighted by Gasteiger charge is 2.20. The predicted octanol–water partition coefficient (Wildman–Crippen LogP) is 4.06. The van der Waals surface area contributed by atoms with Gasteiger partial charge in [-0.25, -0.2) is 4.39 Å². The number of rotatable bonds is 5. The summed E-state index contributed by atoms with van der Waals surface area (Å²) < 4.78 is 25.5. The Bertz CT molecular complexity index is 619. The van der Waals surface area contributed by atoms with Crippen molar-refractivity contribution in [3.63, 3.8) is 0 Å². The lowest BCUT2D eigenvalue weighted by atomic mass is 10.0. The van der Waals surface area contributed by atoms with Crippen LogP contribution in [-0.4, -0.2) is 13.2 Å². The van der Waals surface area contributed by atoms with Gasteiger partial charge < -0.3 is 15.2 Å². The molecule has 0 fully saturated rings. The van der Waals surface area contributed by atoms with Gasteiger partial charge in [-0.15, -0.1) is 0 Å². The van der Waals surface area contributed by atoms with Crippen LogP contribution in [-0.2, 0) is 0 Å². The molecule has 5 heteroatoms. The van der Waals surface area contributed by atoms with Crippen molar-refractivity contribution in [3.8, 4) is 11.5 Å². The Kier molecular flexibility index (Phi) is 5.20. The van der Waals surface area contributed by atoms with Gasteiger partial charge in [0.15, 0.2) is 11.6 Å². The van der Waals surface area contributed by atoms with Gasteiger partial charge in [-0.3, -0.25) is 0 Å². The maximum absolute atomic E-state index is 13.9. The van der Waals surface area contributed by atoms with E-state index in [1.165, 1.54) is 6.07 Å². The van der Waals surface area contributed by atoms with E-state index in [9.17, 15) is 4.39 Å². The second-order valence-corrected chi connectivity index (χ2v) is 5.66. The first-order valence-corrected chi connectivity index (χ1v) is 7.32. The summed E-state index contributed by atoms with van der Waals surface area (Å²) in [6, 6.07) is 11.8. The van der Waals surface area contributed by atoms with E-state index in [2.05, 4.69) is 15.9 Å². The van der Waals surface area contributed by atoms with Crippen molar-refractivity contribution < 1.29 is 13.9 Å². The molecule has 0 spiro atoms. The van der Waals surface area contributed by atoms with Crippen molar-refractivity contribution in [2.75, 3.05) is 7.11 Å². The van der Waals surface area contributed by atoms with Crippen molar-refractivity contribution >= 4 is 15.9 Å². The Balaban J connectivity index is 2.30. The molecule has 0 saturated heterocycles. The Morgan fingerprint density at radius 3 is 2.57 bits per heavy atom. The molecule has 21 heavy (non-hydrogen) atoms. The van der Waals surface area contributed by atoms with Gasteiger partial charge in [0.25, 0.3) is 0 Å². The van der Waals surface area contributed by atoms with E-state index in [0.717, 1.165) is 5.56 Å².